The molecule has 17 heavy (non-hydrogen) atoms. The van der Waals surface area contributed by atoms with Crippen molar-refractivity contribution in [2.75, 3.05) is 5.32 Å². The molecule has 0 aliphatic carbocycles. The van der Waals surface area contributed by atoms with Crippen LogP contribution in [0.2, 0.25) is 0 Å². The Labute approximate surface area is 95.5 Å². The second-order valence-electron chi connectivity index (χ2n) is 3.39. The molecule has 0 bridgehead atoms. The predicted molar refractivity (Wildman–Crippen MR) is 57.8 cm³/mol. The fourth-order valence-electron chi connectivity index (χ4n) is 1.30. The van der Waals surface area contributed by atoms with Gasteiger partial charge in [-0.15, -0.1) is 0 Å². The zero-order chi connectivity index (χ0) is 12.4. The molecule has 0 spiro atoms. The van der Waals surface area contributed by atoms with Crippen molar-refractivity contribution in [2.24, 2.45) is 0 Å². The van der Waals surface area contributed by atoms with Crippen LogP contribution in [0.15, 0.2) is 18.3 Å². The third kappa shape index (κ3) is 2.22. The number of pyridine rings is 1. The Morgan fingerprint density at radius 2 is 2.35 bits per heavy atom. The van der Waals surface area contributed by atoms with Crippen LogP contribution in [-0.4, -0.2) is 26.3 Å². The molecule has 0 saturated heterocycles. The largest absolute Gasteiger partial charge is 0.478 e. The van der Waals surface area contributed by atoms with E-state index in [1.54, 1.807) is 13.0 Å². The summed E-state index contributed by atoms with van der Waals surface area (Å²) in [5, 5.41) is 17.8. The first kappa shape index (κ1) is 11.1. The van der Waals surface area contributed by atoms with Crippen molar-refractivity contribution in [3.8, 4) is 0 Å². The highest BCUT2D eigenvalue weighted by atomic mass is 19.1. The van der Waals surface area contributed by atoms with Gasteiger partial charge >= 0.3 is 5.97 Å². The first-order valence-corrected chi connectivity index (χ1v) is 4.75. The number of aromatic amines is 1. The Hall–Kier alpha value is -2.44. The van der Waals surface area contributed by atoms with Crippen LogP contribution in [0.3, 0.4) is 0 Å². The second-order valence-corrected chi connectivity index (χ2v) is 3.39. The van der Waals surface area contributed by atoms with Gasteiger partial charge in [-0.1, -0.05) is 0 Å². The van der Waals surface area contributed by atoms with Gasteiger partial charge in [-0.3, -0.25) is 5.10 Å². The van der Waals surface area contributed by atoms with Crippen molar-refractivity contribution < 1.29 is 14.3 Å². The molecule has 3 N–H and O–H groups in total. The van der Waals surface area contributed by atoms with E-state index in [0.717, 1.165) is 11.8 Å². The van der Waals surface area contributed by atoms with Crippen molar-refractivity contribution in [3.63, 3.8) is 0 Å². The number of aromatic nitrogens is 3. The molecular formula is C10H9FN4O2. The molecule has 0 saturated carbocycles. The van der Waals surface area contributed by atoms with E-state index in [9.17, 15) is 9.18 Å². The van der Waals surface area contributed by atoms with E-state index in [4.69, 9.17) is 5.11 Å². The summed E-state index contributed by atoms with van der Waals surface area (Å²) in [5.74, 6) is -2.06. The van der Waals surface area contributed by atoms with Crippen molar-refractivity contribution >= 4 is 17.6 Å². The van der Waals surface area contributed by atoms with Crippen molar-refractivity contribution in [2.45, 2.75) is 6.92 Å². The van der Waals surface area contributed by atoms with Gasteiger partial charge in [0.2, 0.25) is 0 Å². The van der Waals surface area contributed by atoms with Gasteiger partial charge < -0.3 is 10.4 Å². The molecule has 0 unspecified atom stereocenters. The lowest BCUT2D eigenvalue weighted by Crippen LogP contribution is -2.05. The van der Waals surface area contributed by atoms with Crippen LogP contribution < -0.4 is 5.32 Å². The second kappa shape index (κ2) is 4.20. The fourth-order valence-corrected chi connectivity index (χ4v) is 1.30. The first-order chi connectivity index (χ1) is 8.08. The normalized spacial score (nSPS) is 10.2. The first-order valence-electron chi connectivity index (χ1n) is 4.75. The Morgan fingerprint density at radius 3 is 2.94 bits per heavy atom. The van der Waals surface area contributed by atoms with Gasteiger partial charge in [-0.25, -0.2) is 14.2 Å². The quantitative estimate of drug-likeness (QED) is 0.754. The number of nitrogens with zero attached hydrogens (tertiary/aromatic N) is 2. The number of anilines is 2. The molecule has 2 aromatic heterocycles. The minimum Gasteiger partial charge on any atom is -0.478 e. The van der Waals surface area contributed by atoms with Crippen LogP contribution in [0.25, 0.3) is 0 Å². The van der Waals surface area contributed by atoms with Crippen molar-refractivity contribution in [1.29, 1.82) is 0 Å². The number of aryl methyl sites for hydroxylation is 1. The molecular weight excluding hydrogens is 227 g/mol. The van der Waals surface area contributed by atoms with Crippen LogP contribution in [-0.2, 0) is 0 Å². The van der Waals surface area contributed by atoms with E-state index in [1.165, 1.54) is 6.20 Å². The van der Waals surface area contributed by atoms with Gasteiger partial charge in [0, 0.05) is 18.0 Å². The maximum Gasteiger partial charge on any atom is 0.338 e. The summed E-state index contributed by atoms with van der Waals surface area (Å²) in [4.78, 5) is 14.4. The zero-order valence-corrected chi connectivity index (χ0v) is 8.86. The number of carbonyl (C=O) groups is 1. The van der Waals surface area contributed by atoms with Crippen LogP contribution in [0.1, 0.15) is 16.1 Å². The van der Waals surface area contributed by atoms with Crippen LogP contribution in [0.5, 0.6) is 0 Å². The highest BCUT2D eigenvalue weighted by molar-refractivity contribution is 5.89. The lowest BCUT2D eigenvalue weighted by atomic mass is 10.2. The van der Waals surface area contributed by atoms with E-state index in [2.05, 4.69) is 20.5 Å². The summed E-state index contributed by atoms with van der Waals surface area (Å²) in [6, 6.07) is 2.74. The summed E-state index contributed by atoms with van der Waals surface area (Å²) in [6.45, 7) is 1.79. The average molecular weight is 236 g/mol. The number of halogens is 1. The minimum absolute atomic E-state index is 0.170. The third-order valence-electron chi connectivity index (χ3n) is 2.07. The molecule has 2 rings (SSSR count). The number of hydrogen-bond donors (Lipinski definition) is 3. The van der Waals surface area contributed by atoms with Gasteiger partial charge in [0.1, 0.15) is 5.56 Å². The third-order valence-corrected chi connectivity index (χ3v) is 2.07. The number of rotatable bonds is 3. The van der Waals surface area contributed by atoms with Crippen molar-refractivity contribution in [1.82, 2.24) is 15.2 Å². The van der Waals surface area contributed by atoms with E-state index in [-0.39, 0.29) is 5.82 Å². The number of hydrogen-bond acceptors (Lipinski definition) is 4. The highest BCUT2D eigenvalue weighted by Gasteiger charge is 2.15. The SMILES string of the molecule is Cc1cc(Nc2nccc(C(=O)O)c2F)n[nH]1. The number of aromatic carboxylic acids is 1. The predicted octanol–water partition coefficient (Wildman–Crippen LogP) is 1.69. The maximum atomic E-state index is 13.7. The molecule has 0 aliphatic heterocycles. The molecule has 7 heteroatoms. The van der Waals surface area contributed by atoms with E-state index in [0.29, 0.717) is 5.82 Å². The maximum absolute atomic E-state index is 13.7. The van der Waals surface area contributed by atoms with Gasteiger partial charge in [0.25, 0.3) is 0 Å². The van der Waals surface area contributed by atoms with E-state index in [1.807, 2.05) is 0 Å². The zero-order valence-electron chi connectivity index (χ0n) is 8.86. The molecule has 0 radical (unpaired) electrons. The summed E-state index contributed by atoms with van der Waals surface area (Å²) < 4.78 is 13.7. The monoisotopic (exact) mass is 236 g/mol. The molecule has 88 valence electrons. The average Bonchev–Trinajstić information content (AvgIpc) is 2.67. The number of nitrogens with one attached hydrogen (secondary N) is 2. The number of carboxylic acids is 1. The molecule has 0 atom stereocenters. The summed E-state index contributed by atoms with van der Waals surface area (Å²) in [5.41, 5.74) is 0.358. The molecule has 0 amide bonds. The van der Waals surface area contributed by atoms with Crippen LogP contribution in [0, 0.1) is 12.7 Å². The number of H-pyrrole nitrogens is 1. The summed E-state index contributed by atoms with van der Waals surface area (Å²) in [7, 11) is 0. The van der Waals surface area contributed by atoms with Crippen LogP contribution >= 0.6 is 0 Å². The van der Waals surface area contributed by atoms with E-state index >= 15 is 0 Å². The molecule has 6 nitrogen and oxygen atoms in total. The smallest absolute Gasteiger partial charge is 0.338 e. The lowest BCUT2D eigenvalue weighted by Gasteiger charge is -2.04. The fraction of sp³-hybridized carbons (Fsp3) is 0.100. The molecule has 2 heterocycles. The van der Waals surface area contributed by atoms with Crippen LogP contribution in [0.4, 0.5) is 16.0 Å². The standard InChI is InChI=1S/C10H9FN4O2/c1-5-4-7(15-14-5)13-9-8(11)6(10(16)17)2-3-12-9/h2-4H,1H3,(H,16,17)(H2,12,13,14,15). The Bertz CT molecular complexity index is 567. The highest BCUT2D eigenvalue weighted by Crippen LogP contribution is 2.19. The molecule has 0 aromatic carbocycles. The van der Waals surface area contributed by atoms with Gasteiger partial charge in [-0.2, -0.15) is 5.10 Å². The van der Waals surface area contributed by atoms with Gasteiger partial charge in [0.05, 0.1) is 0 Å². The summed E-state index contributed by atoms with van der Waals surface area (Å²) >= 11 is 0. The summed E-state index contributed by atoms with van der Waals surface area (Å²) in [6.07, 6.45) is 1.22. The van der Waals surface area contributed by atoms with Crippen molar-refractivity contribution in [3.05, 3.63) is 35.4 Å². The Balaban J connectivity index is 2.33. The van der Waals surface area contributed by atoms with Gasteiger partial charge in [-0.05, 0) is 13.0 Å². The topological polar surface area (TPSA) is 90.9 Å². The van der Waals surface area contributed by atoms with E-state index < -0.39 is 17.3 Å². The molecule has 0 aliphatic rings. The lowest BCUT2D eigenvalue weighted by molar-refractivity contribution is 0.0692. The Morgan fingerprint density at radius 1 is 1.59 bits per heavy atom. The molecule has 2 aromatic rings. The number of carboxylic acid groups (broad SMARTS) is 1. The minimum atomic E-state index is -1.34. The Kier molecular flexibility index (Phi) is 2.73. The van der Waals surface area contributed by atoms with Gasteiger partial charge in [0.15, 0.2) is 17.5 Å². The molecule has 0 fully saturated rings.